The summed E-state index contributed by atoms with van der Waals surface area (Å²) in [7, 11) is 0. The largest absolute Gasteiger partial charge is 0.349 e. The van der Waals surface area contributed by atoms with Gasteiger partial charge in [-0.05, 0) is 37.8 Å². The summed E-state index contributed by atoms with van der Waals surface area (Å²) >= 11 is 0. The van der Waals surface area contributed by atoms with Crippen LogP contribution in [0, 0.1) is 11.9 Å². The number of nitrogens with zero attached hydrogens (tertiary/aromatic N) is 1. The number of hydrogen-bond donors (Lipinski definition) is 1. The van der Waals surface area contributed by atoms with E-state index in [1.54, 1.807) is 0 Å². The summed E-state index contributed by atoms with van der Waals surface area (Å²) in [6.07, 6.45) is 4.88. The first-order chi connectivity index (χ1) is 7.66. The van der Waals surface area contributed by atoms with Crippen molar-refractivity contribution in [3.8, 4) is 0 Å². The lowest BCUT2D eigenvalue weighted by Gasteiger charge is -2.31. The van der Waals surface area contributed by atoms with Crippen LogP contribution in [0.2, 0.25) is 0 Å². The summed E-state index contributed by atoms with van der Waals surface area (Å²) in [5.74, 6) is -0.146. The highest BCUT2D eigenvalue weighted by Gasteiger charge is 2.25. The Morgan fingerprint density at radius 1 is 1.56 bits per heavy atom. The van der Waals surface area contributed by atoms with E-state index in [-0.39, 0.29) is 11.9 Å². The number of nitrogens with one attached hydrogen (secondary N) is 1. The molecule has 0 spiro atoms. The van der Waals surface area contributed by atoms with Crippen molar-refractivity contribution in [1.82, 2.24) is 10.3 Å². The summed E-state index contributed by atoms with van der Waals surface area (Å²) in [6, 6.07) is 2.83. The van der Waals surface area contributed by atoms with Gasteiger partial charge in [0.15, 0.2) is 0 Å². The molecule has 2 rings (SSSR count). The Bertz CT molecular complexity index is 373. The Morgan fingerprint density at radius 3 is 2.81 bits per heavy atom. The highest BCUT2D eigenvalue weighted by Crippen LogP contribution is 2.29. The summed E-state index contributed by atoms with van der Waals surface area (Å²) < 4.78 is 12.6. The summed E-state index contributed by atoms with van der Waals surface area (Å²) in [4.78, 5) is 15.2. The number of hydrogen-bond acceptors (Lipinski definition) is 2. The van der Waals surface area contributed by atoms with Crippen LogP contribution in [0.3, 0.4) is 0 Å². The van der Waals surface area contributed by atoms with Gasteiger partial charge < -0.3 is 5.32 Å². The van der Waals surface area contributed by atoms with Crippen molar-refractivity contribution < 1.29 is 9.18 Å². The number of carbonyl (C=O) groups is 1. The molecule has 1 N–H and O–H groups in total. The van der Waals surface area contributed by atoms with E-state index < -0.39 is 5.95 Å². The molecule has 4 heteroatoms. The van der Waals surface area contributed by atoms with Crippen LogP contribution >= 0.6 is 0 Å². The van der Waals surface area contributed by atoms with Crippen molar-refractivity contribution in [3.63, 3.8) is 0 Å². The van der Waals surface area contributed by atoms with Crippen LogP contribution in [0.25, 0.3) is 0 Å². The maximum Gasteiger partial charge on any atom is 0.253 e. The predicted molar refractivity (Wildman–Crippen MR) is 58.5 cm³/mol. The highest BCUT2D eigenvalue weighted by molar-refractivity contribution is 5.94. The maximum atomic E-state index is 12.6. The Balaban J connectivity index is 1.94. The van der Waals surface area contributed by atoms with Crippen molar-refractivity contribution in [2.24, 2.45) is 5.92 Å². The van der Waals surface area contributed by atoms with Gasteiger partial charge in [0.2, 0.25) is 5.95 Å². The molecule has 1 aromatic heterocycles. The molecule has 1 heterocycles. The molecular weight excluding hydrogens is 207 g/mol. The molecule has 1 aliphatic carbocycles. The summed E-state index contributed by atoms with van der Waals surface area (Å²) in [5.41, 5.74) is 0.410. The lowest BCUT2D eigenvalue weighted by Crippen LogP contribution is -2.40. The van der Waals surface area contributed by atoms with Crippen LogP contribution in [0.5, 0.6) is 0 Å². The third-order valence-corrected chi connectivity index (χ3v) is 3.21. The first-order valence-electron chi connectivity index (χ1n) is 5.59. The quantitative estimate of drug-likeness (QED) is 0.796. The van der Waals surface area contributed by atoms with Gasteiger partial charge in [-0.15, -0.1) is 0 Å². The van der Waals surface area contributed by atoms with Gasteiger partial charge in [-0.2, -0.15) is 4.39 Å². The van der Waals surface area contributed by atoms with E-state index in [2.05, 4.69) is 10.3 Å². The van der Waals surface area contributed by atoms with Gasteiger partial charge in [-0.25, -0.2) is 4.98 Å². The van der Waals surface area contributed by atoms with E-state index in [0.717, 1.165) is 0 Å². The second-order valence-electron chi connectivity index (χ2n) is 4.32. The molecular formula is C12H15FN2O. The first kappa shape index (κ1) is 11.0. The van der Waals surface area contributed by atoms with Crippen molar-refractivity contribution in [2.75, 3.05) is 0 Å². The SMILES string of the molecule is CC(NC(=O)c1ccc(F)nc1)C1CCC1. The molecule has 1 atom stereocenters. The molecule has 0 radical (unpaired) electrons. The Kier molecular flexibility index (Phi) is 3.17. The zero-order valence-electron chi connectivity index (χ0n) is 9.24. The molecule has 16 heavy (non-hydrogen) atoms. The average molecular weight is 222 g/mol. The third kappa shape index (κ3) is 2.38. The highest BCUT2D eigenvalue weighted by atomic mass is 19.1. The van der Waals surface area contributed by atoms with Crippen LogP contribution in [0.1, 0.15) is 36.5 Å². The minimum absolute atomic E-state index is 0.174. The summed E-state index contributed by atoms with van der Waals surface area (Å²) in [6.45, 7) is 2.01. The Morgan fingerprint density at radius 2 is 2.31 bits per heavy atom. The van der Waals surface area contributed by atoms with E-state index >= 15 is 0 Å². The van der Waals surface area contributed by atoms with Crippen LogP contribution in [0.15, 0.2) is 18.3 Å². The van der Waals surface area contributed by atoms with Gasteiger partial charge in [-0.1, -0.05) is 6.42 Å². The molecule has 1 aliphatic rings. The van der Waals surface area contributed by atoms with Crippen molar-refractivity contribution in [2.45, 2.75) is 32.2 Å². The standard InChI is InChI=1S/C12H15FN2O/c1-8(9-3-2-4-9)15-12(16)10-5-6-11(13)14-7-10/h5-9H,2-4H2,1H3,(H,15,16). The first-order valence-corrected chi connectivity index (χ1v) is 5.59. The Labute approximate surface area is 94.1 Å². The monoisotopic (exact) mass is 222 g/mol. The van der Waals surface area contributed by atoms with Crippen LogP contribution in [0.4, 0.5) is 4.39 Å². The number of carbonyl (C=O) groups excluding carboxylic acids is 1. The van der Waals surface area contributed by atoms with Crippen molar-refractivity contribution in [3.05, 3.63) is 29.8 Å². The predicted octanol–water partition coefficient (Wildman–Crippen LogP) is 2.14. The minimum atomic E-state index is -0.566. The number of amides is 1. The van der Waals surface area contributed by atoms with Gasteiger partial charge >= 0.3 is 0 Å². The van der Waals surface area contributed by atoms with E-state index in [1.165, 1.54) is 37.6 Å². The van der Waals surface area contributed by atoms with Crippen LogP contribution in [-0.4, -0.2) is 16.9 Å². The molecule has 1 unspecified atom stereocenters. The molecule has 3 nitrogen and oxygen atoms in total. The second-order valence-corrected chi connectivity index (χ2v) is 4.32. The number of halogens is 1. The average Bonchev–Trinajstić information content (AvgIpc) is 2.15. The normalized spacial score (nSPS) is 17.6. The lowest BCUT2D eigenvalue weighted by molar-refractivity contribution is 0.0909. The number of rotatable bonds is 3. The van der Waals surface area contributed by atoms with E-state index in [4.69, 9.17) is 0 Å². The van der Waals surface area contributed by atoms with E-state index in [9.17, 15) is 9.18 Å². The molecule has 1 fully saturated rings. The van der Waals surface area contributed by atoms with E-state index in [1.807, 2.05) is 6.92 Å². The zero-order valence-corrected chi connectivity index (χ0v) is 9.24. The number of pyridine rings is 1. The molecule has 0 saturated heterocycles. The van der Waals surface area contributed by atoms with Crippen LogP contribution < -0.4 is 5.32 Å². The number of aromatic nitrogens is 1. The van der Waals surface area contributed by atoms with E-state index in [0.29, 0.717) is 11.5 Å². The lowest BCUT2D eigenvalue weighted by atomic mass is 9.80. The van der Waals surface area contributed by atoms with Crippen molar-refractivity contribution >= 4 is 5.91 Å². The van der Waals surface area contributed by atoms with Crippen molar-refractivity contribution in [1.29, 1.82) is 0 Å². The van der Waals surface area contributed by atoms with Gasteiger partial charge in [0.25, 0.3) is 5.91 Å². The Hall–Kier alpha value is -1.45. The van der Waals surface area contributed by atoms with Crippen LogP contribution in [-0.2, 0) is 0 Å². The smallest absolute Gasteiger partial charge is 0.253 e. The minimum Gasteiger partial charge on any atom is -0.349 e. The fourth-order valence-corrected chi connectivity index (χ4v) is 1.86. The molecule has 0 bridgehead atoms. The van der Waals surface area contributed by atoms with Gasteiger partial charge in [0.05, 0.1) is 5.56 Å². The van der Waals surface area contributed by atoms with Gasteiger partial charge in [0, 0.05) is 12.2 Å². The molecule has 0 aromatic carbocycles. The molecule has 1 aromatic rings. The van der Waals surface area contributed by atoms with Gasteiger partial charge in [0.1, 0.15) is 0 Å². The maximum absolute atomic E-state index is 12.6. The fourth-order valence-electron chi connectivity index (χ4n) is 1.86. The second kappa shape index (κ2) is 4.60. The summed E-state index contributed by atoms with van der Waals surface area (Å²) in [5, 5.41) is 2.92. The fraction of sp³-hybridized carbons (Fsp3) is 0.500. The van der Waals surface area contributed by atoms with Gasteiger partial charge in [-0.3, -0.25) is 4.79 Å². The molecule has 1 saturated carbocycles. The topological polar surface area (TPSA) is 42.0 Å². The molecule has 86 valence electrons. The zero-order chi connectivity index (χ0) is 11.5. The third-order valence-electron chi connectivity index (χ3n) is 3.21. The molecule has 0 aliphatic heterocycles. The molecule has 1 amide bonds.